The molecular formula is C25H32N4O3. The average Bonchev–Trinajstić information content (AvgIpc) is 3.33. The molecule has 32 heavy (non-hydrogen) atoms. The molecule has 7 nitrogen and oxygen atoms in total. The van der Waals surface area contributed by atoms with Crippen LogP contribution in [-0.2, 0) is 9.53 Å². The molecule has 170 valence electrons. The fourth-order valence-electron chi connectivity index (χ4n) is 7.57. The number of hydrogen-bond donors (Lipinski definition) is 1. The maximum atomic E-state index is 13.1. The highest BCUT2D eigenvalue weighted by molar-refractivity contribution is 5.81. The van der Waals surface area contributed by atoms with E-state index in [0.29, 0.717) is 19.0 Å². The predicted octanol–water partition coefficient (Wildman–Crippen LogP) is 3.72. The van der Waals surface area contributed by atoms with Crippen molar-refractivity contribution in [1.82, 2.24) is 14.5 Å². The van der Waals surface area contributed by atoms with Crippen LogP contribution in [0.1, 0.15) is 56.0 Å². The van der Waals surface area contributed by atoms with Crippen molar-refractivity contribution < 1.29 is 14.3 Å². The summed E-state index contributed by atoms with van der Waals surface area (Å²) in [6.07, 6.45) is 5.27. The zero-order chi connectivity index (χ0) is 22.2. The number of likely N-dealkylation sites (tertiary alicyclic amines) is 1. The van der Waals surface area contributed by atoms with E-state index in [-0.39, 0.29) is 41.4 Å². The lowest BCUT2D eigenvalue weighted by Crippen LogP contribution is -2.59. The van der Waals surface area contributed by atoms with E-state index in [9.17, 15) is 9.59 Å². The largest absolute Gasteiger partial charge is 0.446 e. The minimum Gasteiger partial charge on any atom is -0.446 e. The average molecular weight is 437 g/mol. The van der Waals surface area contributed by atoms with E-state index in [0.717, 1.165) is 55.4 Å². The van der Waals surface area contributed by atoms with Crippen molar-refractivity contribution in [2.45, 2.75) is 64.5 Å². The molecule has 2 N–H and O–H groups in total. The number of aryl methyl sites for hydroxylation is 2. The second-order valence-corrected chi connectivity index (χ2v) is 10.9. The Hall–Kier alpha value is -2.57. The van der Waals surface area contributed by atoms with E-state index in [4.69, 9.17) is 15.5 Å². The molecule has 4 aliphatic carbocycles. The van der Waals surface area contributed by atoms with E-state index >= 15 is 0 Å². The molecular weight excluding hydrogens is 404 g/mol. The quantitative estimate of drug-likeness (QED) is 0.794. The predicted molar refractivity (Wildman–Crippen MR) is 120 cm³/mol. The van der Waals surface area contributed by atoms with Gasteiger partial charge in [0, 0.05) is 13.1 Å². The fraction of sp³-hybridized carbons (Fsp3) is 0.640. The number of primary amides is 1. The number of amides is 2. The Morgan fingerprint density at radius 3 is 2.62 bits per heavy atom. The number of nitrogens with two attached hydrogens (primary N) is 1. The monoisotopic (exact) mass is 436 g/mol. The van der Waals surface area contributed by atoms with Gasteiger partial charge in [-0.05, 0) is 87.8 Å². The number of hydrogen-bond acceptors (Lipinski definition) is 4. The summed E-state index contributed by atoms with van der Waals surface area (Å²) in [5.74, 6) is 1.95. The molecule has 2 amide bonds. The first-order valence-corrected chi connectivity index (χ1v) is 12.0. The lowest BCUT2D eigenvalue weighted by atomic mass is 9.48. The smallest absolute Gasteiger partial charge is 0.410 e. The van der Waals surface area contributed by atoms with E-state index in [1.807, 2.05) is 11.8 Å². The molecule has 7 heteroatoms. The molecule has 5 aliphatic rings. The van der Waals surface area contributed by atoms with Crippen molar-refractivity contribution in [2.24, 2.45) is 28.9 Å². The van der Waals surface area contributed by atoms with Crippen LogP contribution in [0.5, 0.6) is 0 Å². The van der Waals surface area contributed by atoms with Gasteiger partial charge in [-0.25, -0.2) is 9.78 Å². The molecule has 2 heterocycles. The van der Waals surface area contributed by atoms with Gasteiger partial charge < -0.3 is 19.9 Å². The minimum absolute atomic E-state index is 0.0654. The van der Waals surface area contributed by atoms with Crippen LogP contribution in [0, 0.1) is 37.0 Å². The van der Waals surface area contributed by atoms with Gasteiger partial charge in [-0.3, -0.25) is 4.79 Å². The van der Waals surface area contributed by atoms with Gasteiger partial charge in [-0.2, -0.15) is 0 Å². The SMILES string of the molecule is Cc1ccc2c(c1)nc(C)n2[C@H]1CCN(C(=O)OC2C3CC4CC2CC(C(N)=O)(C4)C3)C1. The van der Waals surface area contributed by atoms with Gasteiger partial charge in [0.2, 0.25) is 5.91 Å². The summed E-state index contributed by atoms with van der Waals surface area (Å²) in [6.45, 7) is 5.47. The number of benzene rings is 1. The van der Waals surface area contributed by atoms with Crippen LogP contribution in [0.3, 0.4) is 0 Å². The lowest BCUT2D eigenvalue weighted by Gasteiger charge is -2.58. The zero-order valence-corrected chi connectivity index (χ0v) is 18.9. The molecule has 3 atom stereocenters. The molecule has 1 aromatic carbocycles. The number of carbonyl (C=O) groups is 2. The van der Waals surface area contributed by atoms with Crippen LogP contribution in [0.25, 0.3) is 11.0 Å². The van der Waals surface area contributed by atoms with Gasteiger partial charge in [0.15, 0.2) is 0 Å². The van der Waals surface area contributed by atoms with Crippen LogP contribution in [0.4, 0.5) is 4.79 Å². The Balaban J connectivity index is 1.16. The van der Waals surface area contributed by atoms with Crippen molar-refractivity contribution in [2.75, 3.05) is 13.1 Å². The molecule has 4 saturated carbocycles. The number of carbonyl (C=O) groups excluding carboxylic acids is 2. The zero-order valence-electron chi connectivity index (χ0n) is 18.9. The first-order chi connectivity index (χ1) is 15.3. The van der Waals surface area contributed by atoms with Crippen molar-refractivity contribution >= 4 is 23.0 Å². The molecule has 7 rings (SSSR count). The molecule has 1 aromatic heterocycles. The van der Waals surface area contributed by atoms with Crippen molar-refractivity contribution in [1.29, 1.82) is 0 Å². The third-order valence-corrected chi connectivity index (χ3v) is 8.75. The maximum Gasteiger partial charge on any atom is 0.410 e. The van der Waals surface area contributed by atoms with Crippen LogP contribution in [-0.4, -0.2) is 45.6 Å². The highest BCUT2D eigenvalue weighted by Crippen LogP contribution is 2.60. The van der Waals surface area contributed by atoms with Crippen molar-refractivity contribution in [3.05, 3.63) is 29.6 Å². The Kier molecular flexibility index (Phi) is 4.37. The number of rotatable bonds is 3. The molecule has 1 aliphatic heterocycles. The summed E-state index contributed by atoms with van der Waals surface area (Å²) in [7, 11) is 0. The van der Waals surface area contributed by atoms with Crippen LogP contribution in [0.2, 0.25) is 0 Å². The van der Waals surface area contributed by atoms with E-state index < -0.39 is 0 Å². The number of nitrogens with zero attached hydrogens (tertiary/aromatic N) is 3. The van der Waals surface area contributed by atoms with Crippen LogP contribution >= 0.6 is 0 Å². The Bertz CT molecular complexity index is 1090. The topological polar surface area (TPSA) is 90.4 Å². The van der Waals surface area contributed by atoms with Crippen molar-refractivity contribution in [3.8, 4) is 0 Å². The summed E-state index contributed by atoms with van der Waals surface area (Å²) in [4.78, 5) is 31.9. The number of ether oxygens (including phenoxy) is 1. The van der Waals surface area contributed by atoms with Crippen LogP contribution in [0.15, 0.2) is 18.2 Å². The molecule has 2 aromatic rings. The Morgan fingerprint density at radius 1 is 1.16 bits per heavy atom. The van der Waals surface area contributed by atoms with Gasteiger partial charge in [0.05, 0.1) is 22.5 Å². The summed E-state index contributed by atoms with van der Waals surface area (Å²) in [5.41, 5.74) is 8.79. The first-order valence-electron chi connectivity index (χ1n) is 12.0. The second kappa shape index (κ2) is 6.96. The first kappa shape index (κ1) is 20.1. The van der Waals surface area contributed by atoms with E-state index in [1.165, 1.54) is 5.56 Å². The summed E-state index contributed by atoms with van der Waals surface area (Å²) >= 11 is 0. The standard InChI is InChI=1S/C25H32N4O3/c1-14-3-4-21-20(7-14)27-15(2)29(21)19-5-6-28(13-19)24(31)32-22-17-8-16-9-18(22)12-25(10-16,11-17)23(26)30/h3-4,7,16-19,22H,5-6,8-13H2,1-2H3,(H2,26,30)/t16?,17?,18?,19-,22?,25?/m0/s1. The fourth-order valence-corrected chi connectivity index (χ4v) is 7.57. The molecule has 5 fully saturated rings. The third-order valence-electron chi connectivity index (χ3n) is 8.75. The van der Waals surface area contributed by atoms with E-state index in [2.05, 4.69) is 29.7 Å². The highest BCUT2D eigenvalue weighted by atomic mass is 16.6. The molecule has 0 spiro atoms. The van der Waals surface area contributed by atoms with E-state index in [1.54, 1.807) is 0 Å². The number of imidazole rings is 1. The van der Waals surface area contributed by atoms with Crippen LogP contribution < -0.4 is 5.73 Å². The summed E-state index contributed by atoms with van der Waals surface area (Å²) < 4.78 is 8.42. The summed E-state index contributed by atoms with van der Waals surface area (Å²) in [6, 6.07) is 6.58. The second-order valence-electron chi connectivity index (χ2n) is 10.9. The number of fused-ring (bicyclic) bond motifs is 1. The molecule has 4 bridgehead atoms. The van der Waals surface area contributed by atoms with Gasteiger partial charge in [-0.15, -0.1) is 0 Å². The number of aromatic nitrogens is 2. The summed E-state index contributed by atoms with van der Waals surface area (Å²) in [5, 5.41) is 0. The normalized spacial score (nSPS) is 35.6. The maximum absolute atomic E-state index is 13.1. The van der Waals surface area contributed by atoms with Gasteiger partial charge in [0.1, 0.15) is 11.9 Å². The Morgan fingerprint density at radius 2 is 1.91 bits per heavy atom. The Labute approximate surface area is 188 Å². The molecule has 0 radical (unpaired) electrons. The molecule has 2 unspecified atom stereocenters. The third kappa shape index (κ3) is 2.96. The van der Waals surface area contributed by atoms with Crippen molar-refractivity contribution in [3.63, 3.8) is 0 Å². The van der Waals surface area contributed by atoms with Gasteiger partial charge >= 0.3 is 6.09 Å². The van der Waals surface area contributed by atoms with Gasteiger partial charge in [-0.1, -0.05) is 6.07 Å². The van der Waals surface area contributed by atoms with Gasteiger partial charge in [0.25, 0.3) is 0 Å². The highest BCUT2D eigenvalue weighted by Gasteiger charge is 2.59. The minimum atomic E-state index is -0.351. The lowest BCUT2D eigenvalue weighted by molar-refractivity contribution is -0.161. The molecule has 1 saturated heterocycles.